The quantitative estimate of drug-likeness (QED) is 0.535. The van der Waals surface area contributed by atoms with Crippen LogP contribution in [0.15, 0.2) is 54.7 Å². The van der Waals surface area contributed by atoms with Crippen LogP contribution in [0.4, 0.5) is 5.82 Å². The second-order valence-electron chi connectivity index (χ2n) is 7.83. The number of aliphatic carboxylic acids is 2. The smallest absolute Gasteiger partial charge is 0.328 e. The van der Waals surface area contributed by atoms with E-state index in [1.807, 2.05) is 6.20 Å². The van der Waals surface area contributed by atoms with E-state index in [4.69, 9.17) is 10.2 Å². The lowest BCUT2D eigenvalue weighted by Crippen LogP contribution is -2.38. The molecule has 3 N–H and O–H groups in total. The van der Waals surface area contributed by atoms with Gasteiger partial charge in [-0.25, -0.2) is 9.59 Å². The Kier molecular flexibility index (Phi) is 6.46. The number of benzene rings is 1. The molecular formula is C23H25N5O4. The van der Waals surface area contributed by atoms with Crippen LogP contribution in [0.3, 0.4) is 0 Å². The third-order valence-electron chi connectivity index (χ3n) is 5.82. The van der Waals surface area contributed by atoms with Gasteiger partial charge < -0.3 is 25.0 Å². The van der Waals surface area contributed by atoms with Gasteiger partial charge in [0.15, 0.2) is 5.82 Å². The fraction of sp³-hybridized carbons (Fsp3) is 0.304. The van der Waals surface area contributed by atoms with Crippen molar-refractivity contribution in [1.82, 2.24) is 20.1 Å². The zero-order valence-corrected chi connectivity index (χ0v) is 17.5. The van der Waals surface area contributed by atoms with Crippen molar-refractivity contribution in [1.29, 1.82) is 0 Å². The van der Waals surface area contributed by atoms with E-state index in [1.165, 1.54) is 31.3 Å². The first-order valence-corrected chi connectivity index (χ1v) is 10.5. The number of hydrogen-bond donors (Lipinski definition) is 3. The summed E-state index contributed by atoms with van der Waals surface area (Å²) in [6.07, 6.45) is 5.57. The van der Waals surface area contributed by atoms with Crippen LogP contribution in [0.1, 0.15) is 12.8 Å². The third kappa shape index (κ3) is 5.12. The van der Waals surface area contributed by atoms with Crippen LogP contribution in [0.2, 0.25) is 0 Å². The van der Waals surface area contributed by atoms with Crippen LogP contribution in [0, 0.1) is 0 Å². The Balaban J connectivity index is 0.000000265. The Morgan fingerprint density at radius 1 is 0.938 bits per heavy atom. The van der Waals surface area contributed by atoms with E-state index < -0.39 is 11.9 Å². The van der Waals surface area contributed by atoms with E-state index in [-0.39, 0.29) is 0 Å². The number of nitrogens with one attached hydrogen (secondary N) is 1. The third-order valence-corrected chi connectivity index (χ3v) is 5.82. The first-order valence-electron chi connectivity index (χ1n) is 10.5. The van der Waals surface area contributed by atoms with Gasteiger partial charge in [-0.2, -0.15) is 0 Å². The Labute approximate surface area is 185 Å². The van der Waals surface area contributed by atoms with Crippen LogP contribution in [-0.4, -0.2) is 74.5 Å². The summed E-state index contributed by atoms with van der Waals surface area (Å²) in [6.45, 7) is 4.66. The molecule has 0 radical (unpaired) electrons. The van der Waals surface area contributed by atoms with Crippen molar-refractivity contribution in [3.63, 3.8) is 0 Å². The topological polar surface area (TPSA) is 123 Å². The number of carboxylic acid groups (broad SMARTS) is 2. The Bertz CT molecular complexity index is 1100. The molecule has 0 aliphatic carbocycles. The van der Waals surface area contributed by atoms with Gasteiger partial charge in [0.2, 0.25) is 0 Å². The van der Waals surface area contributed by atoms with Crippen molar-refractivity contribution in [3.8, 4) is 11.3 Å². The van der Waals surface area contributed by atoms with E-state index in [0.717, 1.165) is 35.7 Å². The van der Waals surface area contributed by atoms with Crippen LogP contribution < -0.4 is 4.90 Å². The van der Waals surface area contributed by atoms with Crippen LogP contribution in [0.5, 0.6) is 0 Å². The Morgan fingerprint density at radius 2 is 1.69 bits per heavy atom. The van der Waals surface area contributed by atoms with Crippen molar-refractivity contribution in [3.05, 3.63) is 54.7 Å². The monoisotopic (exact) mass is 435 g/mol. The van der Waals surface area contributed by atoms with Gasteiger partial charge in [0, 0.05) is 67.0 Å². The minimum Gasteiger partial charge on any atom is -0.478 e. The van der Waals surface area contributed by atoms with Gasteiger partial charge in [-0.1, -0.05) is 6.07 Å². The highest BCUT2D eigenvalue weighted by molar-refractivity contribution is 5.89. The molecule has 32 heavy (non-hydrogen) atoms. The van der Waals surface area contributed by atoms with Gasteiger partial charge in [-0.05, 0) is 43.2 Å². The summed E-state index contributed by atoms with van der Waals surface area (Å²) < 4.78 is 0. The van der Waals surface area contributed by atoms with Crippen LogP contribution in [-0.2, 0) is 9.59 Å². The molecule has 0 spiro atoms. The SMILES string of the molecule is O=C(O)/C=C/C(=O)O.c1cc2cc(-c3ccc(N4CCN5CCC4CC5)nn3)ccc2[nH]1. The number of carboxylic acids is 2. The summed E-state index contributed by atoms with van der Waals surface area (Å²) >= 11 is 0. The molecule has 1 aromatic carbocycles. The molecule has 3 fully saturated rings. The normalized spacial score (nSPS) is 20.1. The summed E-state index contributed by atoms with van der Waals surface area (Å²) in [5.74, 6) is -1.49. The number of piperidine rings is 1. The molecule has 6 rings (SSSR count). The van der Waals surface area contributed by atoms with Crippen molar-refractivity contribution in [2.24, 2.45) is 0 Å². The zero-order valence-electron chi connectivity index (χ0n) is 17.5. The number of aromatic nitrogens is 3. The van der Waals surface area contributed by atoms with Crippen molar-refractivity contribution in [2.75, 3.05) is 31.1 Å². The van der Waals surface area contributed by atoms with Crippen LogP contribution >= 0.6 is 0 Å². The largest absolute Gasteiger partial charge is 0.478 e. The van der Waals surface area contributed by atoms with E-state index in [9.17, 15) is 9.59 Å². The number of anilines is 1. The number of rotatable bonds is 4. The standard InChI is InChI=1S/C19H21N5.C4H4O4/c1-2-17-15(5-8-20-17)13-14(1)18-3-4-19(22-21-18)24-12-11-23-9-6-16(24)7-10-23;5-3(6)1-2-4(7)8/h1-5,8,13,16,20H,6-7,9-12H2;1-2H,(H,5,6)(H,7,8)/b;2-1+. The second-order valence-corrected chi connectivity index (χ2v) is 7.83. The maximum absolute atomic E-state index is 9.55. The Hall–Kier alpha value is -3.72. The van der Waals surface area contributed by atoms with Gasteiger partial charge in [-0.3, -0.25) is 0 Å². The Morgan fingerprint density at radius 3 is 2.34 bits per heavy atom. The first-order chi connectivity index (χ1) is 15.5. The molecule has 166 valence electrons. The summed E-state index contributed by atoms with van der Waals surface area (Å²) in [7, 11) is 0. The van der Waals surface area contributed by atoms with E-state index in [2.05, 4.69) is 61.4 Å². The second kappa shape index (κ2) is 9.61. The highest BCUT2D eigenvalue weighted by Gasteiger charge is 2.29. The van der Waals surface area contributed by atoms with E-state index >= 15 is 0 Å². The fourth-order valence-corrected chi connectivity index (χ4v) is 4.18. The summed E-state index contributed by atoms with van der Waals surface area (Å²) in [5.41, 5.74) is 3.20. The van der Waals surface area contributed by atoms with Crippen molar-refractivity contribution >= 4 is 28.7 Å². The number of nitrogens with zero attached hydrogens (tertiary/aromatic N) is 4. The fourth-order valence-electron chi connectivity index (χ4n) is 4.18. The molecular weight excluding hydrogens is 410 g/mol. The van der Waals surface area contributed by atoms with Gasteiger partial charge in [0.05, 0.1) is 5.69 Å². The van der Waals surface area contributed by atoms with Gasteiger partial charge in [0.25, 0.3) is 0 Å². The van der Waals surface area contributed by atoms with E-state index in [0.29, 0.717) is 18.2 Å². The molecule has 5 heterocycles. The van der Waals surface area contributed by atoms with E-state index in [1.54, 1.807) is 0 Å². The predicted octanol–water partition coefficient (Wildman–Crippen LogP) is 2.62. The summed E-state index contributed by atoms with van der Waals surface area (Å²) in [6, 6.07) is 13.3. The number of carbonyl (C=O) groups is 2. The molecule has 3 aliphatic rings. The van der Waals surface area contributed by atoms with Gasteiger partial charge >= 0.3 is 11.9 Å². The summed E-state index contributed by atoms with van der Waals surface area (Å²) in [5, 5.41) is 25.9. The van der Waals surface area contributed by atoms with Gasteiger partial charge in [0.1, 0.15) is 0 Å². The minimum atomic E-state index is -1.26. The highest BCUT2D eigenvalue weighted by atomic mass is 16.4. The predicted molar refractivity (Wildman–Crippen MR) is 121 cm³/mol. The molecule has 0 saturated carbocycles. The van der Waals surface area contributed by atoms with Gasteiger partial charge in [-0.15, -0.1) is 10.2 Å². The lowest BCUT2D eigenvalue weighted by Gasteiger charge is -2.31. The molecule has 9 heteroatoms. The number of fused-ring (bicyclic) bond motifs is 5. The molecule has 3 saturated heterocycles. The average Bonchev–Trinajstić information content (AvgIpc) is 3.07. The minimum absolute atomic E-state index is 0.558. The first kappa shape index (κ1) is 21.5. The molecule has 2 aromatic heterocycles. The zero-order chi connectivity index (χ0) is 22.5. The molecule has 3 aliphatic heterocycles. The number of aromatic amines is 1. The lowest BCUT2D eigenvalue weighted by atomic mass is 10.1. The molecule has 3 aromatic rings. The number of H-pyrrole nitrogens is 1. The van der Waals surface area contributed by atoms with Crippen molar-refractivity contribution in [2.45, 2.75) is 18.9 Å². The highest BCUT2D eigenvalue weighted by Crippen LogP contribution is 2.27. The molecule has 0 atom stereocenters. The molecule has 0 amide bonds. The lowest BCUT2D eigenvalue weighted by molar-refractivity contribution is -0.134. The summed E-state index contributed by atoms with van der Waals surface area (Å²) in [4.78, 5) is 27.3. The van der Waals surface area contributed by atoms with Crippen LogP contribution in [0.25, 0.3) is 22.2 Å². The van der Waals surface area contributed by atoms with Crippen molar-refractivity contribution < 1.29 is 19.8 Å². The molecule has 2 bridgehead atoms. The maximum atomic E-state index is 9.55. The maximum Gasteiger partial charge on any atom is 0.328 e. The number of hydrogen-bond acceptors (Lipinski definition) is 6. The molecule has 9 nitrogen and oxygen atoms in total. The molecule has 0 unspecified atom stereocenters. The average molecular weight is 435 g/mol.